The van der Waals surface area contributed by atoms with Gasteiger partial charge in [0.2, 0.25) is 5.78 Å². The van der Waals surface area contributed by atoms with Crippen LogP contribution in [-0.2, 0) is 5.41 Å². The van der Waals surface area contributed by atoms with Gasteiger partial charge in [-0.1, -0.05) is 121 Å². The van der Waals surface area contributed by atoms with Gasteiger partial charge in [-0.05, 0) is 22.3 Å². The molecule has 1 atom stereocenters. The van der Waals surface area contributed by atoms with Crippen molar-refractivity contribution in [2.24, 2.45) is 0 Å². The van der Waals surface area contributed by atoms with E-state index in [2.05, 4.69) is 46.4 Å². The second-order valence-corrected chi connectivity index (χ2v) is 8.17. The van der Waals surface area contributed by atoms with E-state index in [1.165, 1.54) is 0 Å². The summed E-state index contributed by atoms with van der Waals surface area (Å²) in [5.74, 6) is -0.348. The molecule has 0 radical (unpaired) electrons. The van der Waals surface area contributed by atoms with E-state index in [4.69, 9.17) is 0 Å². The predicted molar refractivity (Wildman–Crippen MR) is 133 cm³/mol. The van der Waals surface area contributed by atoms with E-state index in [0.717, 1.165) is 22.4 Å². The number of carbonyl (C=O) groups excluding carboxylic acids is 1. The SMILES string of the molecule is O=C(c1ncc(C(c2ccccc2)(c2ccccc2)c2ccccc2)[nH]1)C(O)c1ccccc1. The van der Waals surface area contributed by atoms with Crippen LogP contribution in [-0.4, -0.2) is 20.9 Å². The number of hydrogen-bond donors (Lipinski definition) is 2. The number of carbonyl (C=O) groups is 1. The Bertz CT molecular complexity index is 1270. The minimum Gasteiger partial charge on any atom is -0.380 e. The Morgan fingerprint density at radius 2 is 1.09 bits per heavy atom. The topological polar surface area (TPSA) is 66.0 Å². The van der Waals surface area contributed by atoms with E-state index in [9.17, 15) is 9.90 Å². The van der Waals surface area contributed by atoms with Crippen LogP contribution in [0.5, 0.6) is 0 Å². The van der Waals surface area contributed by atoms with Crippen molar-refractivity contribution in [1.82, 2.24) is 9.97 Å². The number of ketones is 1. The van der Waals surface area contributed by atoms with Gasteiger partial charge in [0.25, 0.3) is 0 Å². The van der Waals surface area contributed by atoms with Crippen LogP contribution in [0.15, 0.2) is 128 Å². The number of hydrogen-bond acceptors (Lipinski definition) is 3. The van der Waals surface area contributed by atoms with Gasteiger partial charge in [0.05, 0.1) is 17.3 Å². The van der Waals surface area contributed by atoms with Crippen molar-refractivity contribution >= 4 is 5.78 Å². The highest BCUT2D eigenvalue weighted by molar-refractivity contribution is 5.96. The van der Waals surface area contributed by atoms with Crippen LogP contribution in [0.25, 0.3) is 0 Å². The molecule has 0 saturated carbocycles. The van der Waals surface area contributed by atoms with Gasteiger partial charge in [0.15, 0.2) is 5.82 Å². The van der Waals surface area contributed by atoms with Gasteiger partial charge >= 0.3 is 0 Å². The summed E-state index contributed by atoms with van der Waals surface area (Å²) in [7, 11) is 0. The zero-order valence-corrected chi connectivity index (χ0v) is 18.5. The maximum absolute atomic E-state index is 13.2. The van der Waals surface area contributed by atoms with Gasteiger partial charge in [-0.3, -0.25) is 4.79 Å². The van der Waals surface area contributed by atoms with E-state index >= 15 is 0 Å². The molecule has 0 aliphatic carbocycles. The fourth-order valence-corrected chi connectivity index (χ4v) is 4.58. The first-order valence-electron chi connectivity index (χ1n) is 11.2. The molecule has 2 N–H and O–H groups in total. The number of rotatable bonds is 7. The van der Waals surface area contributed by atoms with Crippen molar-refractivity contribution in [3.63, 3.8) is 0 Å². The van der Waals surface area contributed by atoms with Gasteiger partial charge in [0.1, 0.15) is 6.10 Å². The Morgan fingerprint density at radius 3 is 1.53 bits per heavy atom. The minimum atomic E-state index is -1.29. The standard InChI is InChI=1S/C30H24N2O2/c33-27(22-13-5-1-6-14-22)28(34)29-31-21-26(32-29)30(23-15-7-2-8-16-23,24-17-9-3-10-18-24)25-19-11-4-12-20-25/h1-21,27,33H,(H,31,32). The first kappa shape index (κ1) is 21.6. The lowest BCUT2D eigenvalue weighted by molar-refractivity contribution is 0.0737. The van der Waals surface area contributed by atoms with Crippen LogP contribution in [0.2, 0.25) is 0 Å². The zero-order chi connectivity index (χ0) is 23.4. The molecule has 4 heteroatoms. The van der Waals surface area contributed by atoms with Crippen LogP contribution < -0.4 is 0 Å². The summed E-state index contributed by atoms with van der Waals surface area (Å²) in [4.78, 5) is 20.9. The second kappa shape index (κ2) is 9.30. The number of aromatic nitrogens is 2. The number of aliphatic hydroxyl groups excluding tert-OH is 1. The average molecular weight is 445 g/mol. The molecule has 1 aromatic heterocycles. The third-order valence-corrected chi connectivity index (χ3v) is 6.20. The summed E-state index contributed by atoms with van der Waals surface area (Å²) >= 11 is 0. The molecule has 0 amide bonds. The van der Waals surface area contributed by atoms with E-state index in [1.807, 2.05) is 60.7 Å². The van der Waals surface area contributed by atoms with Gasteiger partial charge in [-0.2, -0.15) is 0 Å². The lowest BCUT2D eigenvalue weighted by atomic mass is 9.67. The highest BCUT2D eigenvalue weighted by Gasteiger charge is 2.40. The predicted octanol–water partition coefficient (Wildman–Crippen LogP) is 5.71. The molecule has 166 valence electrons. The molecule has 0 fully saturated rings. The van der Waals surface area contributed by atoms with Crippen molar-refractivity contribution in [3.05, 3.63) is 161 Å². The molecule has 1 heterocycles. The number of aromatic amines is 1. The van der Waals surface area contributed by atoms with Crippen LogP contribution in [0.3, 0.4) is 0 Å². The van der Waals surface area contributed by atoms with Crippen molar-refractivity contribution in [3.8, 4) is 0 Å². The summed E-state index contributed by atoms with van der Waals surface area (Å²) in [6.07, 6.45) is 0.414. The highest BCUT2D eigenvalue weighted by atomic mass is 16.3. The van der Waals surface area contributed by atoms with E-state index in [1.54, 1.807) is 30.5 Å². The molecule has 1 unspecified atom stereocenters. The zero-order valence-electron chi connectivity index (χ0n) is 18.5. The fourth-order valence-electron chi connectivity index (χ4n) is 4.58. The quantitative estimate of drug-likeness (QED) is 0.250. The third-order valence-electron chi connectivity index (χ3n) is 6.20. The van der Waals surface area contributed by atoms with Crippen LogP contribution in [0.4, 0.5) is 0 Å². The largest absolute Gasteiger partial charge is 0.380 e. The minimum absolute atomic E-state index is 0.124. The van der Waals surface area contributed by atoms with Crippen molar-refractivity contribution in [2.75, 3.05) is 0 Å². The summed E-state index contributed by atoms with van der Waals surface area (Å²) in [6, 6.07) is 39.4. The number of benzene rings is 4. The van der Waals surface area contributed by atoms with Gasteiger partial charge < -0.3 is 10.1 Å². The van der Waals surface area contributed by atoms with E-state index in [0.29, 0.717) is 5.56 Å². The molecular weight excluding hydrogens is 420 g/mol. The lowest BCUT2D eigenvalue weighted by Crippen LogP contribution is -2.31. The summed E-state index contributed by atoms with van der Waals surface area (Å²) in [5, 5.41) is 10.7. The number of H-pyrrole nitrogens is 1. The van der Waals surface area contributed by atoms with Gasteiger partial charge in [-0.25, -0.2) is 4.98 Å². The Kier molecular flexibility index (Phi) is 5.90. The van der Waals surface area contributed by atoms with Crippen molar-refractivity contribution in [1.29, 1.82) is 0 Å². The molecule has 0 spiro atoms. The Balaban J connectivity index is 1.70. The lowest BCUT2D eigenvalue weighted by Gasteiger charge is -2.35. The molecule has 0 bridgehead atoms. The molecule has 0 aliphatic rings. The molecule has 5 rings (SSSR count). The molecule has 4 nitrogen and oxygen atoms in total. The van der Waals surface area contributed by atoms with E-state index in [-0.39, 0.29) is 5.82 Å². The number of imidazole rings is 1. The fraction of sp³-hybridized carbons (Fsp3) is 0.0667. The van der Waals surface area contributed by atoms with Crippen LogP contribution >= 0.6 is 0 Å². The number of Topliss-reactive ketones (excluding diaryl/α,β-unsaturated/α-hetero) is 1. The number of aliphatic hydroxyl groups is 1. The Morgan fingerprint density at radius 1 is 0.676 bits per heavy atom. The number of nitrogens with one attached hydrogen (secondary N) is 1. The Hall–Kier alpha value is -4.28. The van der Waals surface area contributed by atoms with E-state index < -0.39 is 17.3 Å². The van der Waals surface area contributed by atoms with Crippen LogP contribution in [0, 0.1) is 0 Å². The normalized spacial score (nSPS) is 12.3. The molecule has 0 saturated heterocycles. The summed E-state index contributed by atoms with van der Waals surface area (Å²) < 4.78 is 0. The average Bonchev–Trinajstić information content (AvgIpc) is 3.41. The molecular formula is C30H24N2O2. The van der Waals surface area contributed by atoms with Gasteiger partial charge in [0, 0.05) is 0 Å². The smallest absolute Gasteiger partial charge is 0.230 e. The first-order valence-corrected chi connectivity index (χ1v) is 11.2. The first-order chi connectivity index (χ1) is 16.7. The molecule has 5 aromatic rings. The third kappa shape index (κ3) is 3.74. The second-order valence-electron chi connectivity index (χ2n) is 8.17. The molecule has 0 aliphatic heterocycles. The summed E-state index contributed by atoms with van der Waals surface area (Å²) in [6.45, 7) is 0. The number of nitrogens with zero attached hydrogens (tertiary/aromatic N) is 1. The maximum Gasteiger partial charge on any atom is 0.230 e. The maximum atomic E-state index is 13.2. The van der Waals surface area contributed by atoms with Crippen LogP contribution in [0.1, 0.15) is 44.7 Å². The van der Waals surface area contributed by atoms with Gasteiger partial charge in [-0.15, -0.1) is 0 Å². The van der Waals surface area contributed by atoms with Crippen molar-refractivity contribution < 1.29 is 9.90 Å². The highest BCUT2D eigenvalue weighted by Crippen LogP contribution is 2.44. The van der Waals surface area contributed by atoms with Crippen molar-refractivity contribution in [2.45, 2.75) is 11.5 Å². The Labute approximate surface area is 198 Å². The molecule has 34 heavy (non-hydrogen) atoms. The monoisotopic (exact) mass is 444 g/mol. The molecule has 4 aromatic carbocycles. The summed E-state index contributed by atoms with van der Waals surface area (Å²) in [5.41, 5.74) is 3.68.